The molecule has 2 rings (SSSR count). The van der Waals surface area contributed by atoms with Gasteiger partial charge in [0.1, 0.15) is 4.90 Å². The van der Waals surface area contributed by atoms with Crippen LogP contribution in [0.3, 0.4) is 0 Å². The van der Waals surface area contributed by atoms with Crippen LogP contribution in [0.4, 0.5) is 4.39 Å². The zero-order chi connectivity index (χ0) is 15.1. The van der Waals surface area contributed by atoms with Gasteiger partial charge in [0.15, 0.2) is 5.82 Å². The molecule has 2 atom stereocenters. The molecule has 1 heterocycles. The average Bonchev–Trinajstić information content (AvgIpc) is 2.35. The Morgan fingerprint density at radius 2 is 1.80 bits per heavy atom. The summed E-state index contributed by atoms with van der Waals surface area (Å²) in [6.07, 6.45) is 0. The standard InChI is InChI=1S/C12H15Cl2FN2O2S/c1-7-5-16-6-8(2)17(7)20(18,19)10-4-3-9(13)12(15)11(10)14/h3-4,7-8,16H,5-6H2,1-2H3. The number of rotatable bonds is 2. The van der Waals surface area contributed by atoms with Crippen molar-refractivity contribution in [3.63, 3.8) is 0 Å². The Kier molecular flexibility index (Phi) is 4.61. The fraction of sp³-hybridized carbons (Fsp3) is 0.500. The van der Waals surface area contributed by atoms with E-state index in [1.165, 1.54) is 16.4 Å². The number of piperazine rings is 1. The van der Waals surface area contributed by atoms with E-state index in [0.29, 0.717) is 13.1 Å². The molecule has 112 valence electrons. The SMILES string of the molecule is CC1CNCC(C)N1S(=O)(=O)c1ccc(Cl)c(F)c1Cl. The molecule has 20 heavy (non-hydrogen) atoms. The van der Waals surface area contributed by atoms with Gasteiger partial charge in [0.25, 0.3) is 0 Å². The Labute approximate surface area is 127 Å². The van der Waals surface area contributed by atoms with E-state index in [0.717, 1.165) is 0 Å². The minimum Gasteiger partial charge on any atom is -0.314 e. The number of sulfonamides is 1. The highest BCUT2D eigenvalue weighted by Gasteiger charge is 2.37. The van der Waals surface area contributed by atoms with Gasteiger partial charge in [0.2, 0.25) is 10.0 Å². The van der Waals surface area contributed by atoms with E-state index in [4.69, 9.17) is 23.2 Å². The van der Waals surface area contributed by atoms with Gasteiger partial charge in [-0.15, -0.1) is 0 Å². The highest BCUT2D eigenvalue weighted by atomic mass is 35.5. The molecule has 4 nitrogen and oxygen atoms in total. The van der Waals surface area contributed by atoms with Crippen LogP contribution in [0, 0.1) is 5.82 Å². The van der Waals surface area contributed by atoms with Gasteiger partial charge in [-0.3, -0.25) is 0 Å². The maximum atomic E-state index is 13.7. The lowest BCUT2D eigenvalue weighted by molar-refractivity contribution is 0.220. The summed E-state index contributed by atoms with van der Waals surface area (Å²) >= 11 is 11.4. The second-order valence-corrected chi connectivity index (χ2v) is 7.46. The third-order valence-corrected chi connectivity index (χ3v) is 6.25. The van der Waals surface area contributed by atoms with Crippen LogP contribution in [0.5, 0.6) is 0 Å². The molecular weight excluding hydrogens is 326 g/mol. The highest BCUT2D eigenvalue weighted by molar-refractivity contribution is 7.89. The third kappa shape index (κ3) is 2.67. The molecular formula is C12H15Cl2FN2O2S. The highest BCUT2D eigenvalue weighted by Crippen LogP contribution is 2.33. The van der Waals surface area contributed by atoms with Crippen LogP contribution in [-0.2, 0) is 10.0 Å². The van der Waals surface area contributed by atoms with Crippen molar-refractivity contribution < 1.29 is 12.8 Å². The molecule has 1 aliphatic rings. The largest absolute Gasteiger partial charge is 0.314 e. The first kappa shape index (κ1) is 16.0. The first-order valence-electron chi connectivity index (χ1n) is 6.14. The molecule has 1 aromatic carbocycles. The zero-order valence-corrected chi connectivity index (χ0v) is 13.4. The van der Waals surface area contributed by atoms with E-state index < -0.39 is 20.9 Å². The first-order valence-corrected chi connectivity index (χ1v) is 8.34. The lowest BCUT2D eigenvalue weighted by atomic mass is 10.2. The first-order chi connectivity index (χ1) is 9.26. The van der Waals surface area contributed by atoms with Crippen LogP contribution in [0.25, 0.3) is 0 Å². The predicted molar refractivity (Wildman–Crippen MR) is 77.2 cm³/mol. The smallest absolute Gasteiger partial charge is 0.245 e. The maximum absolute atomic E-state index is 13.7. The van der Waals surface area contributed by atoms with E-state index in [9.17, 15) is 12.8 Å². The predicted octanol–water partition coefficient (Wildman–Crippen LogP) is 2.50. The summed E-state index contributed by atoms with van der Waals surface area (Å²) < 4.78 is 40.5. The van der Waals surface area contributed by atoms with E-state index in [1.54, 1.807) is 13.8 Å². The average molecular weight is 341 g/mol. The Balaban J connectivity index is 2.52. The van der Waals surface area contributed by atoms with Gasteiger partial charge in [0, 0.05) is 25.2 Å². The van der Waals surface area contributed by atoms with Gasteiger partial charge in [0.05, 0.1) is 10.0 Å². The molecule has 8 heteroatoms. The second-order valence-electron chi connectivity index (χ2n) is 4.86. The van der Waals surface area contributed by atoms with Gasteiger partial charge < -0.3 is 5.32 Å². The number of hydrogen-bond acceptors (Lipinski definition) is 3. The Bertz CT molecular complexity index is 614. The summed E-state index contributed by atoms with van der Waals surface area (Å²) in [6, 6.07) is 1.97. The number of nitrogens with zero attached hydrogens (tertiary/aromatic N) is 1. The summed E-state index contributed by atoms with van der Waals surface area (Å²) in [5, 5.41) is 2.48. The molecule has 2 unspecified atom stereocenters. The van der Waals surface area contributed by atoms with Gasteiger partial charge in [-0.2, -0.15) is 4.31 Å². The molecule has 1 aromatic rings. The van der Waals surface area contributed by atoms with Crippen molar-refractivity contribution in [2.75, 3.05) is 13.1 Å². The minimum absolute atomic E-state index is 0.199. The molecule has 1 N–H and O–H groups in total. The molecule has 1 saturated heterocycles. The molecule has 0 bridgehead atoms. The Hall–Kier alpha value is -0.400. The monoisotopic (exact) mass is 340 g/mol. The number of halogens is 3. The summed E-state index contributed by atoms with van der Waals surface area (Å²) in [5.74, 6) is -0.912. The van der Waals surface area contributed by atoms with Crippen LogP contribution in [0.15, 0.2) is 17.0 Å². The van der Waals surface area contributed by atoms with Gasteiger partial charge in [-0.05, 0) is 26.0 Å². The summed E-state index contributed by atoms with van der Waals surface area (Å²) in [6.45, 7) is 4.66. The van der Waals surface area contributed by atoms with Gasteiger partial charge >= 0.3 is 0 Å². The summed E-state index contributed by atoms with van der Waals surface area (Å²) in [7, 11) is -3.87. The molecule has 0 aromatic heterocycles. The molecule has 0 radical (unpaired) electrons. The van der Waals surface area contributed by atoms with Crippen LogP contribution in [-0.4, -0.2) is 37.9 Å². The van der Waals surface area contributed by atoms with Crippen molar-refractivity contribution in [2.45, 2.75) is 30.8 Å². The van der Waals surface area contributed by atoms with E-state index in [-0.39, 0.29) is 22.0 Å². The van der Waals surface area contributed by atoms with Crippen LogP contribution >= 0.6 is 23.2 Å². The molecule has 1 aliphatic heterocycles. The fourth-order valence-corrected chi connectivity index (χ4v) is 4.95. The lowest BCUT2D eigenvalue weighted by Crippen LogP contribution is -2.57. The number of hydrogen-bond donors (Lipinski definition) is 1. The summed E-state index contributed by atoms with van der Waals surface area (Å²) in [5.41, 5.74) is 0. The molecule has 0 saturated carbocycles. The fourth-order valence-electron chi connectivity index (χ4n) is 2.41. The zero-order valence-electron chi connectivity index (χ0n) is 11.0. The van der Waals surface area contributed by atoms with Gasteiger partial charge in [-0.1, -0.05) is 23.2 Å². The van der Waals surface area contributed by atoms with Crippen LogP contribution in [0.2, 0.25) is 10.0 Å². The third-order valence-electron chi connectivity index (χ3n) is 3.30. The van der Waals surface area contributed by atoms with Crippen molar-refractivity contribution in [3.8, 4) is 0 Å². The van der Waals surface area contributed by atoms with E-state index in [2.05, 4.69) is 5.32 Å². The maximum Gasteiger partial charge on any atom is 0.245 e. The number of benzene rings is 1. The van der Waals surface area contributed by atoms with Crippen molar-refractivity contribution in [1.29, 1.82) is 0 Å². The van der Waals surface area contributed by atoms with Crippen molar-refractivity contribution >= 4 is 33.2 Å². The topological polar surface area (TPSA) is 49.4 Å². The normalized spacial score (nSPS) is 24.9. The summed E-state index contributed by atoms with van der Waals surface area (Å²) in [4.78, 5) is -0.248. The Morgan fingerprint density at radius 3 is 2.35 bits per heavy atom. The quantitative estimate of drug-likeness (QED) is 0.841. The molecule has 0 amide bonds. The van der Waals surface area contributed by atoms with Crippen molar-refractivity contribution in [1.82, 2.24) is 9.62 Å². The second kappa shape index (κ2) is 5.77. The van der Waals surface area contributed by atoms with Crippen molar-refractivity contribution in [2.24, 2.45) is 0 Å². The Morgan fingerprint density at radius 1 is 1.25 bits per heavy atom. The van der Waals surface area contributed by atoms with Crippen LogP contribution in [0.1, 0.15) is 13.8 Å². The molecule has 0 aliphatic carbocycles. The lowest BCUT2D eigenvalue weighted by Gasteiger charge is -2.38. The minimum atomic E-state index is -3.87. The molecule has 1 fully saturated rings. The van der Waals surface area contributed by atoms with E-state index >= 15 is 0 Å². The molecule has 0 spiro atoms. The number of nitrogens with one attached hydrogen (secondary N) is 1. The van der Waals surface area contributed by atoms with Crippen molar-refractivity contribution in [3.05, 3.63) is 28.0 Å². The van der Waals surface area contributed by atoms with E-state index in [1.807, 2.05) is 0 Å². The van der Waals surface area contributed by atoms with Crippen LogP contribution < -0.4 is 5.32 Å². The van der Waals surface area contributed by atoms with Gasteiger partial charge in [-0.25, -0.2) is 12.8 Å².